The topological polar surface area (TPSA) is 146 Å². The number of hydrogen-bond acceptors (Lipinski definition) is 9. The van der Waals surface area contributed by atoms with E-state index in [2.05, 4.69) is 30.8 Å². The van der Waals surface area contributed by atoms with E-state index in [0.717, 1.165) is 58.0 Å². The Balaban J connectivity index is 1.57. The molecular formula is C21H27N9O. The van der Waals surface area contributed by atoms with E-state index in [1.807, 2.05) is 11.0 Å². The van der Waals surface area contributed by atoms with Crippen LogP contribution in [-0.4, -0.2) is 56.1 Å². The number of rotatable bonds is 5. The van der Waals surface area contributed by atoms with Gasteiger partial charge < -0.3 is 21.3 Å². The van der Waals surface area contributed by atoms with E-state index in [-0.39, 0.29) is 23.7 Å². The third kappa shape index (κ3) is 5.24. The SMILES string of the molecule is N#Cc1cnc(Nc2cc(NC3CCC(N)CC3)c(C(=O)N3CCCCC3)nn2)cn1. The quantitative estimate of drug-likeness (QED) is 0.661. The van der Waals surface area contributed by atoms with Crippen molar-refractivity contribution in [2.75, 3.05) is 23.7 Å². The summed E-state index contributed by atoms with van der Waals surface area (Å²) in [6, 6.07) is 4.21. The van der Waals surface area contributed by atoms with E-state index >= 15 is 0 Å². The van der Waals surface area contributed by atoms with Crippen molar-refractivity contribution < 1.29 is 4.79 Å². The van der Waals surface area contributed by atoms with Gasteiger partial charge in [-0.3, -0.25) is 4.79 Å². The molecular weight excluding hydrogens is 394 g/mol. The molecule has 1 aliphatic heterocycles. The first kappa shape index (κ1) is 20.9. The highest BCUT2D eigenvalue weighted by atomic mass is 16.2. The highest BCUT2D eigenvalue weighted by Gasteiger charge is 2.26. The minimum atomic E-state index is -0.0908. The van der Waals surface area contributed by atoms with E-state index in [0.29, 0.717) is 23.0 Å². The maximum Gasteiger partial charge on any atom is 0.276 e. The maximum atomic E-state index is 13.1. The van der Waals surface area contributed by atoms with E-state index < -0.39 is 0 Å². The number of nitrogens with one attached hydrogen (secondary N) is 2. The fraction of sp³-hybridized carbons (Fsp3) is 0.524. The predicted molar refractivity (Wildman–Crippen MR) is 116 cm³/mol. The summed E-state index contributed by atoms with van der Waals surface area (Å²) >= 11 is 0. The van der Waals surface area contributed by atoms with Crippen LogP contribution in [0.2, 0.25) is 0 Å². The van der Waals surface area contributed by atoms with Gasteiger partial charge in [-0.2, -0.15) is 5.26 Å². The average Bonchev–Trinajstić information content (AvgIpc) is 2.81. The minimum Gasteiger partial charge on any atom is -0.380 e. The first-order valence-corrected chi connectivity index (χ1v) is 10.8. The van der Waals surface area contributed by atoms with Gasteiger partial charge in [0.1, 0.15) is 11.9 Å². The molecule has 2 aliphatic rings. The van der Waals surface area contributed by atoms with Gasteiger partial charge in [-0.1, -0.05) is 0 Å². The Morgan fingerprint density at radius 1 is 1.06 bits per heavy atom. The molecule has 4 N–H and O–H groups in total. The van der Waals surface area contributed by atoms with E-state index in [1.165, 1.54) is 12.4 Å². The molecule has 2 aromatic rings. The van der Waals surface area contributed by atoms with E-state index in [4.69, 9.17) is 11.0 Å². The summed E-state index contributed by atoms with van der Waals surface area (Å²) in [6.07, 6.45) is 9.83. The fourth-order valence-electron chi connectivity index (χ4n) is 4.03. The molecule has 2 aromatic heterocycles. The number of carbonyl (C=O) groups is 1. The number of piperidine rings is 1. The number of aromatic nitrogens is 4. The van der Waals surface area contributed by atoms with Crippen LogP contribution in [0.5, 0.6) is 0 Å². The largest absolute Gasteiger partial charge is 0.380 e. The number of amides is 1. The van der Waals surface area contributed by atoms with Crippen LogP contribution in [0.15, 0.2) is 18.5 Å². The highest BCUT2D eigenvalue weighted by molar-refractivity contribution is 5.98. The van der Waals surface area contributed by atoms with Crippen LogP contribution in [-0.2, 0) is 0 Å². The van der Waals surface area contributed by atoms with Crippen molar-refractivity contribution >= 4 is 23.2 Å². The molecule has 3 heterocycles. The zero-order valence-electron chi connectivity index (χ0n) is 17.4. The van der Waals surface area contributed by atoms with Crippen LogP contribution in [0.4, 0.5) is 17.3 Å². The molecule has 162 valence electrons. The molecule has 10 heteroatoms. The molecule has 4 rings (SSSR count). The summed E-state index contributed by atoms with van der Waals surface area (Å²) in [5.41, 5.74) is 7.28. The lowest BCUT2D eigenvalue weighted by atomic mass is 9.91. The summed E-state index contributed by atoms with van der Waals surface area (Å²) in [5, 5.41) is 23.9. The summed E-state index contributed by atoms with van der Waals surface area (Å²) in [7, 11) is 0. The average molecular weight is 422 g/mol. The first-order chi connectivity index (χ1) is 15.1. The van der Waals surface area contributed by atoms with Gasteiger partial charge in [0.15, 0.2) is 17.2 Å². The molecule has 2 fully saturated rings. The molecule has 0 atom stereocenters. The van der Waals surface area contributed by atoms with Gasteiger partial charge in [-0.25, -0.2) is 9.97 Å². The predicted octanol–water partition coefficient (Wildman–Crippen LogP) is 2.19. The van der Waals surface area contributed by atoms with Gasteiger partial charge in [0.2, 0.25) is 0 Å². The van der Waals surface area contributed by atoms with Gasteiger partial charge in [-0.05, 0) is 44.9 Å². The smallest absolute Gasteiger partial charge is 0.276 e. The van der Waals surface area contributed by atoms with Crippen molar-refractivity contribution in [1.82, 2.24) is 25.1 Å². The van der Waals surface area contributed by atoms with Crippen LogP contribution in [0.25, 0.3) is 0 Å². The monoisotopic (exact) mass is 421 g/mol. The number of likely N-dealkylation sites (tertiary alicyclic amines) is 1. The van der Waals surface area contributed by atoms with E-state index in [1.54, 1.807) is 6.07 Å². The van der Waals surface area contributed by atoms with Crippen LogP contribution in [0.3, 0.4) is 0 Å². The van der Waals surface area contributed by atoms with Crippen molar-refractivity contribution in [2.45, 2.75) is 57.0 Å². The Hall–Kier alpha value is -3.32. The van der Waals surface area contributed by atoms with Crippen molar-refractivity contribution in [3.8, 4) is 6.07 Å². The second kappa shape index (κ2) is 9.66. The molecule has 1 aliphatic carbocycles. The molecule has 0 radical (unpaired) electrons. The zero-order chi connectivity index (χ0) is 21.6. The number of anilines is 3. The maximum absolute atomic E-state index is 13.1. The molecule has 1 amide bonds. The molecule has 0 unspecified atom stereocenters. The lowest BCUT2D eigenvalue weighted by molar-refractivity contribution is 0.0718. The van der Waals surface area contributed by atoms with Crippen LogP contribution in [0, 0.1) is 11.3 Å². The minimum absolute atomic E-state index is 0.0908. The van der Waals surface area contributed by atoms with Crippen molar-refractivity contribution in [2.24, 2.45) is 5.73 Å². The van der Waals surface area contributed by atoms with Gasteiger partial charge in [-0.15, -0.1) is 10.2 Å². The fourth-order valence-corrected chi connectivity index (χ4v) is 4.03. The van der Waals surface area contributed by atoms with Crippen LogP contribution < -0.4 is 16.4 Å². The van der Waals surface area contributed by atoms with Gasteiger partial charge >= 0.3 is 0 Å². The lowest BCUT2D eigenvalue weighted by Crippen LogP contribution is -2.37. The molecule has 0 aromatic carbocycles. The van der Waals surface area contributed by atoms with Crippen molar-refractivity contribution in [3.05, 3.63) is 29.8 Å². The Morgan fingerprint density at radius 3 is 2.52 bits per heavy atom. The summed E-state index contributed by atoms with van der Waals surface area (Å²) in [4.78, 5) is 23.2. The highest BCUT2D eigenvalue weighted by Crippen LogP contribution is 2.26. The van der Waals surface area contributed by atoms with Crippen molar-refractivity contribution in [1.29, 1.82) is 5.26 Å². The van der Waals surface area contributed by atoms with Crippen molar-refractivity contribution in [3.63, 3.8) is 0 Å². The molecule has 0 spiro atoms. The Kier molecular flexibility index (Phi) is 6.52. The van der Waals surface area contributed by atoms with Gasteiger partial charge in [0.05, 0.1) is 18.1 Å². The third-order valence-electron chi connectivity index (χ3n) is 5.79. The number of hydrogen-bond donors (Lipinski definition) is 3. The second-order valence-electron chi connectivity index (χ2n) is 8.12. The molecule has 10 nitrogen and oxygen atoms in total. The summed E-state index contributed by atoms with van der Waals surface area (Å²) in [5.74, 6) is 0.800. The Morgan fingerprint density at radius 2 is 1.84 bits per heavy atom. The molecule has 1 saturated carbocycles. The Labute approximate surface area is 181 Å². The lowest BCUT2D eigenvalue weighted by Gasteiger charge is -2.30. The number of nitrogens with two attached hydrogens (primary N) is 1. The number of nitriles is 1. The molecule has 0 bridgehead atoms. The Bertz CT molecular complexity index is 942. The molecule has 1 saturated heterocycles. The first-order valence-electron chi connectivity index (χ1n) is 10.8. The van der Waals surface area contributed by atoms with E-state index in [9.17, 15) is 4.79 Å². The van der Waals surface area contributed by atoms with Gasteiger partial charge in [0, 0.05) is 31.2 Å². The standard InChI is InChI=1S/C21H27N9O/c22-11-16-12-25-19(13-24-16)27-18-10-17(26-15-6-4-14(23)5-7-15)20(29-28-18)21(31)30-8-2-1-3-9-30/h10,12-15H,1-9,23H2,(H2,25,26,27,28). The van der Waals surface area contributed by atoms with Crippen LogP contribution in [0.1, 0.15) is 61.1 Å². The zero-order valence-corrected chi connectivity index (χ0v) is 17.4. The normalized spacial score (nSPS) is 21.2. The number of nitrogens with zero attached hydrogens (tertiary/aromatic N) is 6. The summed E-state index contributed by atoms with van der Waals surface area (Å²) in [6.45, 7) is 1.50. The number of carbonyl (C=O) groups excluding carboxylic acids is 1. The van der Waals surface area contributed by atoms with Gasteiger partial charge in [0.25, 0.3) is 5.91 Å². The second-order valence-corrected chi connectivity index (χ2v) is 8.12. The summed E-state index contributed by atoms with van der Waals surface area (Å²) < 4.78 is 0. The molecule has 31 heavy (non-hydrogen) atoms. The third-order valence-corrected chi connectivity index (χ3v) is 5.79. The van der Waals surface area contributed by atoms with Crippen LogP contribution >= 0.6 is 0 Å².